The fourth-order valence-electron chi connectivity index (χ4n) is 2.87. The van der Waals surface area contributed by atoms with Crippen molar-refractivity contribution in [1.29, 1.82) is 0 Å². The third-order valence-electron chi connectivity index (χ3n) is 4.19. The molecule has 4 nitrogen and oxygen atoms in total. The Morgan fingerprint density at radius 1 is 1.30 bits per heavy atom. The predicted molar refractivity (Wildman–Crippen MR) is 113 cm³/mol. The van der Waals surface area contributed by atoms with Crippen molar-refractivity contribution in [1.82, 2.24) is 10.3 Å². The number of carbonyl (C=O) groups excluding carboxylic acids is 1. The lowest BCUT2D eigenvalue weighted by Gasteiger charge is -2.17. The standard InChI is InChI=1S/C21H21BrN2O2S/c1-13-7-8-19(26-3)18(9-13)14(2)23-20(25)11-17-12-27-21(24-17)15-5-4-6-16(22)10-15/h4-10,12,14H,11H2,1-3H3,(H,23,25). The van der Waals surface area contributed by atoms with Gasteiger partial charge in [0.1, 0.15) is 10.8 Å². The molecule has 1 aromatic heterocycles. The summed E-state index contributed by atoms with van der Waals surface area (Å²) >= 11 is 5.02. The van der Waals surface area contributed by atoms with Gasteiger partial charge >= 0.3 is 0 Å². The van der Waals surface area contributed by atoms with Crippen molar-refractivity contribution >= 4 is 33.2 Å². The van der Waals surface area contributed by atoms with E-state index in [0.717, 1.165) is 37.6 Å². The predicted octanol–water partition coefficient (Wildman–Crippen LogP) is 5.31. The highest BCUT2D eigenvalue weighted by molar-refractivity contribution is 9.10. The maximum Gasteiger partial charge on any atom is 0.226 e. The number of nitrogens with one attached hydrogen (secondary N) is 1. The Balaban J connectivity index is 1.67. The van der Waals surface area contributed by atoms with Crippen LogP contribution in [-0.2, 0) is 11.2 Å². The maximum atomic E-state index is 12.5. The van der Waals surface area contributed by atoms with Crippen LogP contribution in [0.25, 0.3) is 10.6 Å². The van der Waals surface area contributed by atoms with Crippen molar-refractivity contribution in [3.05, 3.63) is 69.1 Å². The van der Waals surface area contributed by atoms with E-state index in [0.29, 0.717) is 0 Å². The highest BCUT2D eigenvalue weighted by Crippen LogP contribution is 2.28. The molecule has 1 atom stereocenters. The van der Waals surface area contributed by atoms with E-state index in [1.54, 1.807) is 18.4 Å². The Labute approximate surface area is 171 Å². The van der Waals surface area contributed by atoms with Crippen molar-refractivity contribution in [2.45, 2.75) is 26.3 Å². The van der Waals surface area contributed by atoms with Crippen molar-refractivity contribution in [3.63, 3.8) is 0 Å². The molecule has 0 saturated carbocycles. The highest BCUT2D eigenvalue weighted by Gasteiger charge is 2.16. The molecule has 1 amide bonds. The van der Waals surface area contributed by atoms with E-state index in [9.17, 15) is 4.79 Å². The lowest BCUT2D eigenvalue weighted by molar-refractivity contribution is -0.121. The van der Waals surface area contributed by atoms with Gasteiger partial charge in [-0.15, -0.1) is 11.3 Å². The number of halogens is 1. The minimum atomic E-state index is -0.143. The Kier molecular flexibility index (Phi) is 6.29. The Morgan fingerprint density at radius 3 is 2.85 bits per heavy atom. The van der Waals surface area contributed by atoms with Crippen LogP contribution in [0.2, 0.25) is 0 Å². The van der Waals surface area contributed by atoms with Crippen LogP contribution in [0.15, 0.2) is 52.3 Å². The van der Waals surface area contributed by atoms with Crippen LogP contribution < -0.4 is 10.1 Å². The lowest BCUT2D eigenvalue weighted by Crippen LogP contribution is -2.28. The van der Waals surface area contributed by atoms with Gasteiger partial charge in [0.05, 0.1) is 25.3 Å². The molecule has 1 N–H and O–H groups in total. The summed E-state index contributed by atoms with van der Waals surface area (Å²) in [5.41, 5.74) is 3.92. The van der Waals surface area contributed by atoms with Gasteiger partial charge in [0.2, 0.25) is 5.91 Å². The Hall–Kier alpha value is -2.18. The van der Waals surface area contributed by atoms with E-state index < -0.39 is 0 Å². The molecule has 3 aromatic rings. The zero-order chi connectivity index (χ0) is 19.4. The summed E-state index contributed by atoms with van der Waals surface area (Å²) in [6.45, 7) is 3.99. The molecule has 0 aliphatic carbocycles. The van der Waals surface area contributed by atoms with E-state index in [-0.39, 0.29) is 18.4 Å². The summed E-state index contributed by atoms with van der Waals surface area (Å²) in [5.74, 6) is 0.719. The number of nitrogens with zero attached hydrogens (tertiary/aromatic N) is 1. The zero-order valence-electron chi connectivity index (χ0n) is 15.5. The fourth-order valence-corrected chi connectivity index (χ4v) is 4.09. The van der Waals surface area contributed by atoms with Crippen LogP contribution in [0.3, 0.4) is 0 Å². The lowest BCUT2D eigenvalue weighted by atomic mass is 10.0. The number of methoxy groups -OCH3 is 1. The summed E-state index contributed by atoms with van der Waals surface area (Å²) in [7, 11) is 1.64. The number of aromatic nitrogens is 1. The number of thiazole rings is 1. The summed E-state index contributed by atoms with van der Waals surface area (Å²) < 4.78 is 6.43. The van der Waals surface area contributed by atoms with Crippen LogP contribution in [-0.4, -0.2) is 18.0 Å². The summed E-state index contributed by atoms with van der Waals surface area (Å²) in [6.07, 6.45) is 0.253. The molecule has 140 valence electrons. The van der Waals surface area contributed by atoms with Crippen LogP contribution in [0, 0.1) is 6.92 Å². The first kappa shape index (κ1) is 19.6. The maximum absolute atomic E-state index is 12.5. The van der Waals surface area contributed by atoms with E-state index in [1.165, 1.54) is 0 Å². The van der Waals surface area contributed by atoms with Crippen molar-refractivity contribution in [3.8, 4) is 16.3 Å². The molecule has 3 rings (SSSR count). The molecule has 0 aliphatic rings. The normalized spacial score (nSPS) is 11.9. The molecule has 1 unspecified atom stereocenters. The zero-order valence-corrected chi connectivity index (χ0v) is 17.9. The molecule has 27 heavy (non-hydrogen) atoms. The molecule has 6 heteroatoms. The summed E-state index contributed by atoms with van der Waals surface area (Å²) in [5, 5.41) is 5.89. The number of rotatable bonds is 6. The molecule has 2 aromatic carbocycles. The monoisotopic (exact) mass is 444 g/mol. The average Bonchev–Trinajstić information content (AvgIpc) is 3.10. The number of benzene rings is 2. The average molecular weight is 445 g/mol. The SMILES string of the molecule is COc1ccc(C)cc1C(C)NC(=O)Cc1csc(-c2cccc(Br)c2)n1. The van der Waals surface area contributed by atoms with Crippen LogP contribution in [0.4, 0.5) is 0 Å². The Bertz CT molecular complexity index is 955. The molecule has 0 aliphatic heterocycles. The second-order valence-corrected chi connectivity index (χ2v) is 8.14. The third kappa shape index (κ3) is 4.96. The number of aryl methyl sites for hydroxylation is 1. The number of ether oxygens (including phenoxy) is 1. The van der Waals surface area contributed by atoms with Gasteiger partial charge in [0, 0.05) is 21.0 Å². The number of hydrogen-bond donors (Lipinski definition) is 1. The number of hydrogen-bond acceptors (Lipinski definition) is 4. The second-order valence-electron chi connectivity index (χ2n) is 6.37. The van der Waals surface area contributed by atoms with E-state index in [4.69, 9.17) is 4.74 Å². The quantitative estimate of drug-likeness (QED) is 0.560. The number of amides is 1. The van der Waals surface area contributed by atoms with E-state index >= 15 is 0 Å². The van der Waals surface area contributed by atoms with Crippen LogP contribution in [0.5, 0.6) is 5.75 Å². The van der Waals surface area contributed by atoms with E-state index in [1.807, 2.05) is 61.7 Å². The van der Waals surface area contributed by atoms with Crippen molar-refractivity contribution in [2.24, 2.45) is 0 Å². The van der Waals surface area contributed by atoms with Crippen LogP contribution >= 0.6 is 27.3 Å². The fraction of sp³-hybridized carbons (Fsp3) is 0.238. The first-order chi connectivity index (χ1) is 13.0. The third-order valence-corrected chi connectivity index (χ3v) is 5.63. The second kappa shape index (κ2) is 8.67. The molecule has 0 fully saturated rings. The summed E-state index contributed by atoms with van der Waals surface area (Å²) in [6, 6.07) is 13.8. The minimum Gasteiger partial charge on any atom is -0.496 e. The first-order valence-electron chi connectivity index (χ1n) is 8.60. The van der Waals surface area contributed by atoms with Gasteiger partial charge in [-0.3, -0.25) is 4.79 Å². The van der Waals surface area contributed by atoms with Crippen LogP contribution in [0.1, 0.15) is 29.8 Å². The summed E-state index contributed by atoms with van der Waals surface area (Å²) in [4.78, 5) is 17.1. The molecular weight excluding hydrogens is 424 g/mol. The van der Waals surface area contributed by atoms with Gasteiger partial charge in [-0.2, -0.15) is 0 Å². The molecular formula is C21H21BrN2O2S. The van der Waals surface area contributed by atoms with Crippen molar-refractivity contribution < 1.29 is 9.53 Å². The smallest absolute Gasteiger partial charge is 0.226 e. The highest BCUT2D eigenvalue weighted by atomic mass is 79.9. The molecule has 0 spiro atoms. The Morgan fingerprint density at radius 2 is 2.11 bits per heavy atom. The van der Waals surface area contributed by atoms with Gasteiger partial charge in [-0.05, 0) is 32.0 Å². The topological polar surface area (TPSA) is 51.2 Å². The molecule has 0 radical (unpaired) electrons. The van der Waals surface area contributed by atoms with Gasteiger partial charge < -0.3 is 10.1 Å². The van der Waals surface area contributed by atoms with Gasteiger partial charge in [-0.1, -0.05) is 45.8 Å². The first-order valence-corrected chi connectivity index (χ1v) is 10.3. The molecule has 0 saturated heterocycles. The minimum absolute atomic E-state index is 0.0582. The van der Waals surface area contributed by atoms with Gasteiger partial charge in [0.15, 0.2) is 0 Å². The van der Waals surface area contributed by atoms with Gasteiger partial charge in [-0.25, -0.2) is 4.98 Å². The number of carbonyl (C=O) groups is 1. The van der Waals surface area contributed by atoms with Crippen molar-refractivity contribution in [2.75, 3.05) is 7.11 Å². The largest absolute Gasteiger partial charge is 0.496 e. The van der Waals surface area contributed by atoms with E-state index in [2.05, 4.69) is 26.2 Å². The molecule has 0 bridgehead atoms. The van der Waals surface area contributed by atoms with Gasteiger partial charge in [0.25, 0.3) is 0 Å². The molecule has 1 heterocycles.